The lowest BCUT2D eigenvalue weighted by Crippen LogP contribution is -2.25. The first-order valence-electron chi connectivity index (χ1n) is 16.4. The Morgan fingerprint density at radius 3 is 1.79 bits per heavy atom. The molecule has 0 aliphatic heterocycles. The third-order valence-electron chi connectivity index (χ3n) is 10.5. The van der Waals surface area contributed by atoms with Gasteiger partial charge in [-0.05, 0) is 81.9 Å². The molecule has 1 nitrogen and oxygen atoms in total. The van der Waals surface area contributed by atoms with Gasteiger partial charge in [0.25, 0.3) is 0 Å². The number of hydrogen-bond donors (Lipinski definition) is 0. The molecule has 48 heavy (non-hydrogen) atoms. The molecule has 9 aromatic rings. The number of anilines is 3. The van der Waals surface area contributed by atoms with Gasteiger partial charge in [0, 0.05) is 57.8 Å². The average molecular weight is 646 g/mol. The normalized spacial score (nSPS) is 15.6. The van der Waals surface area contributed by atoms with E-state index in [9.17, 15) is 0 Å². The van der Waals surface area contributed by atoms with E-state index in [0.717, 1.165) is 5.69 Å². The van der Waals surface area contributed by atoms with Crippen molar-refractivity contribution >= 4 is 70.0 Å². The summed E-state index contributed by atoms with van der Waals surface area (Å²) in [6.07, 6.45) is 0. The first-order chi connectivity index (χ1) is 23.8. The van der Waals surface area contributed by atoms with Crippen molar-refractivity contribution in [3.8, 4) is 22.3 Å². The van der Waals surface area contributed by atoms with Gasteiger partial charge in [0.2, 0.25) is 0 Å². The number of thiophene rings is 2. The van der Waals surface area contributed by atoms with E-state index in [1.165, 1.54) is 85.5 Å². The minimum absolute atomic E-state index is 0.380. The summed E-state index contributed by atoms with van der Waals surface area (Å²) in [5.41, 5.74) is 12.6. The topological polar surface area (TPSA) is 3.24 Å². The molecule has 11 rings (SSSR count). The van der Waals surface area contributed by atoms with Crippen LogP contribution in [0.15, 0.2) is 164 Å². The van der Waals surface area contributed by atoms with Gasteiger partial charge >= 0.3 is 0 Å². The lowest BCUT2D eigenvalue weighted by Gasteiger charge is -2.31. The molecule has 1 unspecified atom stereocenters. The van der Waals surface area contributed by atoms with E-state index in [2.05, 4.69) is 169 Å². The van der Waals surface area contributed by atoms with Crippen LogP contribution in [0, 0.1) is 0 Å². The van der Waals surface area contributed by atoms with Crippen molar-refractivity contribution in [2.75, 3.05) is 4.90 Å². The lowest BCUT2D eigenvalue weighted by molar-refractivity contribution is 0.811. The van der Waals surface area contributed by atoms with Crippen LogP contribution in [0.4, 0.5) is 17.1 Å². The van der Waals surface area contributed by atoms with E-state index in [4.69, 9.17) is 0 Å². The highest BCUT2D eigenvalue weighted by Gasteiger charge is 2.53. The maximum absolute atomic E-state index is 2.49. The van der Waals surface area contributed by atoms with Crippen LogP contribution in [-0.4, -0.2) is 0 Å². The van der Waals surface area contributed by atoms with Crippen LogP contribution in [0.25, 0.3) is 52.5 Å². The Balaban J connectivity index is 1.20. The molecular formula is C45H27NS2. The molecule has 2 aromatic heterocycles. The quantitative estimate of drug-likeness (QED) is 0.185. The minimum atomic E-state index is -0.380. The van der Waals surface area contributed by atoms with E-state index in [0.29, 0.717) is 0 Å². The molecule has 3 heteroatoms. The second kappa shape index (κ2) is 9.77. The molecule has 0 radical (unpaired) electrons. The van der Waals surface area contributed by atoms with Crippen LogP contribution in [0.3, 0.4) is 0 Å². The molecule has 224 valence electrons. The first kappa shape index (κ1) is 26.6. The van der Waals surface area contributed by atoms with E-state index in [1.54, 1.807) is 0 Å². The van der Waals surface area contributed by atoms with Gasteiger partial charge in [0.1, 0.15) is 0 Å². The van der Waals surface area contributed by atoms with E-state index < -0.39 is 0 Å². The number of para-hydroxylation sites is 1. The number of nitrogens with zero attached hydrogens (tertiary/aromatic N) is 1. The van der Waals surface area contributed by atoms with Crippen LogP contribution in [0.5, 0.6) is 0 Å². The van der Waals surface area contributed by atoms with Gasteiger partial charge in [-0.2, -0.15) is 0 Å². The molecule has 1 spiro atoms. The molecule has 7 aromatic carbocycles. The Kier molecular flexibility index (Phi) is 5.41. The van der Waals surface area contributed by atoms with Crippen LogP contribution in [-0.2, 0) is 5.41 Å². The van der Waals surface area contributed by atoms with E-state index >= 15 is 0 Å². The number of hydrogen-bond acceptors (Lipinski definition) is 3. The standard InChI is InChI=1S/C45H27NS2/c1-2-12-28(13-3-1)46(30-23-25-34-33-15-6-10-20-40(33)47-42(34)27-30)29-22-24-32-31-14-4-8-18-37(31)45(39(32)26-29)38-19-9-5-16-35(38)43-36-17-7-11-21-41(36)48-44(43)45/h1-27H. The molecule has 0 N–H and O–H groups in total. The predicted molar refractivity (Wildman–Crippen MR) is 206 cm³/mol. The Hall–Kier alpha value is -5.48. The fourth-order valence-corrected chi connectivity index (χ4v) is 11.1. The van der Waals surface area contributed by atoms with Gasteiger partial charge in [0.15, 0.2) is 0 Å². The van der Waals surface area contributed by atoms with E-state index in [1.807, 2.05) is 22.7 Å². The summed E-state index contributed by atoms with van der Waals surface area (Å²) in [5, 5.41) is 3.99. The Morgan fingerprint density at radius 2 is 0.958 bits per heavy atom. The fourth-order valence-electron chi connectivity index (χ4n) is 8.55. The summed E-state index contributed by atoms with van der Waals surface area (Å²) < 4.78 is 3.98. The third-order valence-corrected chi connectivity index (χ3v) is 12.9. The maximum Gasteiger partial charge on any atom is 0.0820 e. The molecule has 2 heterocycles. The van der Waals surface area contributed by atoms with Crippen LogP contribution < -0.4 is 4.90 Å². The van der Waals surface area contributed by atoms with Crippen molar-refractivity contribution in [3.05, 3.63) is 185 Å². The SMILES string of the molecule is c1ccc(N(c2ccc3c(c2)C2(c4ccccc4-3)c3ccccc3-c3c2sc2ccccc32)c2ccc3c(c2)sc2ccccc23)cc1. The van der Waals surface area contributed by atoms with Crippen LogP contribution in [0.1, 0.15) is 21.6 Å². The first-order valence-corrected chi connectivity index (χ1v) is 18.1. The smallest absolute Gasteiger partial charge is 0.0820 e. The molecule has 2 aliphatic carbocycles. The summed E-state index contributed by atoms with van der Waals surface area (Å²) in [7, 11) is 0. The molecule has 0 fully saturated rings. The Morgan fingerprint density at radius 1 is 0.375 bits per heavy atom. The predicted octanol–water partition coefficient (Wildman–Crippen LogP) is 13.1. The number of rotatable bonds is 3. The molecule has 0 saturated carbocycles. The van der Waals surface area contributed by atoms with Crippen molar-refractivity contribution in [1.82, 2.24) is 0 Å². The van der Waals surface area contributed by atoms with Crippen molar-refractivity contribution in [1.29, 1.82) is 0 Å². The monoisotopic (exact) mass is 645 g/mol. The summed E-state index contributed by atoms with van der Waals surface area (Å²) in [5.74, 6) is 0. The molecule has 0 bridgehead atoms. The van der Waals surface area contributed by atoms with Gasteiger partial charge in [-0.3, -0.25) is 0 Å². The second-order valence-electron chi connectivity index (χ2n) is 12.8. The van der Waals surface area contributed by atoms with Crippen molar-refractivity contribution < 1.29 is 0 Å². The zero-order valence-electron chi connectivity index (χ0n) is 25.9. The average Bonchev–Trinajstić information content (AvgIpc) is 3.86. The summed E-state index contributed by atoms with van der Waals surface area (Å²) in [4.78, 5) is 3.87. The Bertz CT molecular complexity index is 2750. The van der Waals surface area contributed by atoms with Crippen molar-refractivity contribution in [2.24, 2.45) is 0 Å². The van der Waals surface area contributed by atoms with Crippen LogP contribution >= 0.6 is 22.7 Å². The van der Waals surface area contributed by atoms with Gasteiger partial charge < -0.3 is 4.90 Å². The maximum atomic E-state index is 2.49. The zero-order chi connectivity index (χ0) is 31.4. The lowest BCUT2D eigenvalue weighted by atomic mass is 9.74. The summed E-state index contributed by atoms with van der Waals surface area (Å²) in [6, 6.07) is 60.9. The van der Waals surface area contributed by atoms with Gasteiger partial charge in [0.05, 0.1) is 5.41 Å². The molecule has 0 saturated heterocycles. The molecule has 1 atom stereocenters. The van der Waals surface area contributed by atoms with Crippen LogP contribution in [0.2, 0.25) is 0 Å². The summed E-state index contributed by atoms with van der Waals surface area (Å²) >= 11 is 3.84. The summed E-state index contributed by atoms with van der Waals surface area (Å²) in [6.45, 7) is 0. The number of fused-ring (bicyclic) bond motifs is 15. The fraction of sp³-hybridized carbons (Fsp3) is 0.0222. The van der Waals surface area contributed by atoms with Gasteiger partial charge in [-0.15, -0.1) is 22.7 Å². The molecule has 0 amide bonds. The van der Waals surface area contributed by atoms with Gasteiger partial charge in [-0.25, -0.2) is 0 Å². The highest BCUT2D eigenvalue weighted by atomic mass is 32.1. The highest BCUT2D eigenvalue weighted by Crippen LogP contribution is 2.66. The third kappa shape index (κ3) is 3.40. The largest absolute Gasteiger partial charge is 0.310 e. The minimum Gasteiger partial charge on any atom is -0.310 e. The van der Waals surface area contributed by atoms with E-state index in [-0.39, 0.29) is 5.41 Å². The number of benzene rings is 7. The second-order valence-corrected chi connectivity index (χ2v) is 15.0. The highest BCUT2D eigenvalue weighted by molar-refractivity contribution is 7.25. The molecular weight excluding hydrogens is 619 g/mol. The zero-order valence-corrected chi connectivity index (χ0v) is 27.5. The Labute approximate surface area is 286 Å². The van der Waals surface area contributed by atoms with Gasteiger partial charge in [-0.1, -0.05) is 115 Å². The molecule has 2 aliphatic rings. The van der Waals surface area contributed by atoms with Crippen molar-refractivity contribution in [3.63, 3.8) is 0 Å². The van der Waals surface area contributed by atoms with Crippen molar-refractivity contribution in [2.45, 2.75) is 5.41 Å².